The molecule has 1 N–H and O–H groups in total. The highest BCUT2D eigenvalue weighted by atomic mass is 16.4. The van der Waals surface area contributed by atoms with Crippen molar-refractivity contribution < 1.29 is 5.21 Å². The summed E-state index contributed by atoms with van der Waals surface area (Å²) >= 11 is 0. The number of nitrogens with zero attached hydrogens (tertiary/aromatic N) is 5. The van der Waals surface area contributed by atoms with Crippen LogP contribution >= 0.6 is 0 Å². The summed E-state index contributed by atoms with van der Waals surface area (Å²) in [6, 6.07) is 10.1. The summed E-state index contributed by atoms with van der Waals surface area (Å²) in [4.78, 5) is 28.9. The molecule has 8 heteroatoms. The van der Waals surface area contributed by atoms with Crippen LogP contribution in [0.1, 0.15) is 5.56 Å². The molecule has 8 nitrogen and oxygen atoms in total. The molecule has 0 spiro atoms. The zero-order valence-electron chi connectivity index (χ0n) is 14.3. The van der Waals surface area contributed by atoms with Gasteiger partial charge >= 0.3 is 5.69 Å². The minimum absolute atomic E-state index is 0.209. The molecular weight excluding hydrogens is 322 g/mol. The summed E-state index contributed by atoms with van der Waals surface area (Å²) in [6.45, 7) is 2.84. The van der Waals surface area contributed by atoms with Gasteiger partial charge in [-0.05, 0) is 12.1 Å². The summed E-state index contributed by atoms with van der Waals surface area (Å²) < 4.78 is 2.44. The first-order chi connectivity index (χ1) is 12.0. The Kier molecular flexibility index (Phi) is 4.60. The fourth-order valence-electron chi connectivity index (χ4n) is 3.23. The number of piperazine rings is 1. The number of hydrogen-bond acceptors (Lipinski definition) is 6. The minimum Gasteiger partial charge on any atom is -0.411 e. The smallest absolute Gasteiger partial charge is 0.332 e. The molecule has 0 radical (unpaired) electrons. The molecule has 25 heavy (non-hydrogen) atoms. The molecule has 1 aromatic heterocycles. The van der Waals surface area contributed by atoms with Crippen molar-refractivity contribution in [3.63, 3.8) is 0 Å². The van der Waals surface area contributed by atoms with E-state index in [1.807, 2.05) is 23.1 Å². The highest BCUT2D eigenvalue weighted by molar-refractivity contribution is 5.86. The molecule has 0 saturated carbocycles. The van der Waals surface area contributed by atoms with Crippen molar-refractivity contribution in [1.82, 2.24) is 9.13 Å². The normalized spacial score (nSPS) is 15.1. The van der Waals surface area contributed by atoms with E-state index in [4.69, 9.17) is 5.21 Å². The quantitative estimate of drug-likeness (QED) is 0.490. The minimum atomic E-state index is -0.471. The molecular formula is C17H21N5O3. The van der Waals surface area contributed by atoms with E-state index in [1.54, 1.807) is 7.05 Å². The molecule has 1 fully saturated rings. The fourth-order valence-corrected chi connectivity index (χ4v) is 3.23. The van der Waals surface area contributed by atoms with Crippen LogP contribution in [0.3, 0.4) is 0 Å². The van der Waals surface area contributed by atoms with E-state index in [2.05, 4.69) is 22.2 Å². The Morgan fingerprint density at radius 2 is 1.56 bits per heavy atom. The van der Waals surface area contributed by atoms with Gasteiger partial charge in [0, 0.05) is 46.0 Å². The lowest BCUT2D eigenvalue weighted by Crippen LogP contribution is -2.50. The number of rotatable bonds is 3. The van der Waals surface area contributed by atoms with Crippen molar-refractivity contribution in [3.8, 4) is 0 Å². The Hall–Kier alpha value is -3.03. The van der Waals surface area contributed by atoms with Crippen LogP contribution in [0.4, 0.5) is 11.5 Å². The number of benzene rings is 1. The van der Waals surface area contributed by atoms with Crippen LogP contribution < -0.4 is 21.0 Å². The molecule has 0 amide bonds. The Labute approximate surface area is 144 Å². The molecule has 0 bridgehead atoms. The zero-order chi connectivity index (χ0) is 18.0. The van der Waals surface area contributed by atoms with E-state index in [0.717, 1.165) is 29.6 Å². The lowest BCUT2D eigenvalue weighted by molar-refractivity contribution is 0.321. The molecule has 2 aromatic rings. The number of aromatic nitrogens is 2. The van der Waals surface area contributed by atoms with E-state index < -0.39 is 11.2 Å². The molecule has 2 heterocycles. The van der Waals surface area contributed by atoms with Crippen molar-refractivity contribution in [3.05, 3.63) is 56.7 Å². The molecule has 1 aliphatic heterocycles. The van der Waals surface area contributed by atoms with Crippen LogP contribution in [-0.2, 0) is 14.1 Å². The van der Waals surface area contributed by atoms with Crippen LogP contribution in [0.15, 0.2) is 45.1 Å². The summed E-state index contributed by atoms with van der Waals surface area (Å²) in [5.41, 5.74) is 0.486. The molecule has 0 atom stereocenters. The Bertz CT molecular complexity index is 893. The van der Waals surface area contributed by atoms with Gasteiger partial charge in [-0.15, -0.1) is 0 Å². The van der Waals surface area contributed by atoms with Crippen LogP contribution in [0.5, 0.6) is 0 Å². The fraction of sp³-hybridized carbons (Fsp3) is 0.353. The van der Waals surface area contributed by atoms with Crippen molar-refractivity contribution in [1.29, 1.82) is 0 Å². The standard InChI is InChI=1S/C17H21N5O3/c1-19-15(14(12-18-25)16(23)20(2)17(19)24)22-10-8-21(9-11-22)13-6-4-3-5-7-13/h3-7,12,25H,8-11H2,1-2H3. The number of hydrogen-bond donors (Lipinski definition) is 1. The maximum absolute atomic E-state index is 12.4. The van der Waals surface area contributed by atoms with Crippen molar-refractivity contribution in [2.75, 3.05) is 36.0 Å². The average molecular weight is 343 g/mol. The summed E-state index contributed by atoms with van der Waals surface area (Å²) in [5.74, 6) is 0.485. The zero-order valence-corrected chi connectivity index (χ0v) is 14.3. The third kappa shape index (κ3) is 3.02. The van der Waals surface area contributed by atoms with Gasteiger partial charge in [0.1, 0.15) is 11.4 Å². The molecule has 132 valence electrons. The lowest BCUT2D eigenvalue weighted by atomic mass is 10.2. The molecule has 0 aliphatic carbocycles. The van der Waals surface area contributed by atoms with Crippen LogP contribution in [0, 0.1) is 0 Å². The van der Waals surface area contributed by atoms with Crippen LogP contribution in [0.2, 0.25) is 0 Å². The van der Waals surface area contributed by atoms with E-state index >= 15 is 0 Å². The second kappa shape index (κ2) is 6.84. The Balaban J connectivity index is 1.94. The highest BCUT2D eigenvalue weighted by Crippen LogP contribution is 2.20. The van der Waals surface area contributed by atoms with Gasteiger partial charge in [0.25, 0.3) is 5.56 Å². The van der Waals surface area contributed by atoms with Crippen molar-refractivity contribution in [2.24, 2.45) is 19.3 Å². The van der Waals surface area contributed by atoms with Crippen LogP contribution in [-0.4, -0.2) is 46.7 Å². The van der Waals surface area contributed by atoms with Gasteiger partial charge in [-0.1, -0.05) is 23.4 Å². The highest BCUT2D eigenvalue weighted by Gasteiger charge is 2.24. The maximum Gasteiger partial charge on any atom is 0.332 e. The number of para-hydroxylation sites is 1. The first-order valence-electron chi connectivity index (χ1n) is 8.07. The summed E-state index contributed by atoms with van der Waals surface area (Å²) in [6.07, 6.45) is 1.10. The SMILES string of the molecule is Cn1c(N2CCN(c3ccccc3)CC2)c(C=NO)c(=O)n(C)c1=O. The summed E-state index contributed by atoms with van der Waals surface area (Å²) in [7, 11) is 3.03. The lowest BCUT2D eigenvalue weighted by Gasteiger charge is -2.38. The van der Waals surface area contributed by atoms with E-state index in [9.17, 15) is 9.59 Å². The predicted molar refractivity (Wildman–Crippen MR) is 97.2 cm³/mol. The topological polar surface area (TPSA) is 83.1 Å². The van der Waals surface area contributed by atoms with E-state index in [1.165, 1.54) is 11.6 Å². The van der Waals surface area contributed by atoms with E-state index in [0.29, 0.717) is 18.9 Å². The first-order valence-corrected chi connectivity index (χ1v) is 8.07. The second-order valence-corrected chi connectivity index (χ2v) is 6.00. The third-order valence-corrected chi connectivity index (χ3v) is 4.55. The molecule has 1 aliphatic rings. The van der Waals surface area contributed by atoms with Gasteiger partial charge in [0.2, 0.25) is 0 Å². The van der Waals surface area contributed by atoms with E-state index in [-0.39, 0.29) is 5.56 Å². The van der Waals surface area contributed by atoms with Gasteiger partial charge in [0.15, 0.2) is 0 Å². The van der Waals surface area contributed by atoms with Gasteiger partial charge in [-0.25, -0.2) is 4.79 Å². The first kappa shape index (κ1) is 16.8. The number of anilines is 2. The Morgan fingerprint density at radius 1 is 0.960 bits per heavy atom. The second-order valence-electron chi connectivity index (χ2n) is 6.00. The molecule has 3 rings (SSSR count). The summed E-state index contributed by atoms with van der Waals surface area (Å²) in [5, 5.41) is 11.9. The Morgan fingerprint density at radius 3 is 2.16 bits per heavy atom. The van der Waals surface area contributed by atoms with Crippen molar-refractivity contribution in [2.45, 2.75) is 0 Å². The van der Waals surface area contributed by atoms with Gasteiger partial charge in [-0.2, -0.15) is 0 Å². The number of oxime groups is 1. The maximum atomic E-state index is 12.4. The van der Waals surface area contributed by atoms with Gasteiger partial charge in [-0.3, -0.25) is 13.9 Å². The van der Waals surface area contributed by atoms with Gasteiger partial charge in [0.05, 0.1) is 6.21 Å². The van der Waals surface area contributed by atoms with Gasteiger partial charge < -0.3 is 15.0 Å². The molecule has 1 saturated heterocycles. The monoisotopic (exact) mass is 343 g/mol. The molecule has 1 aromatic carbocycles. The largest absolute Gasteiger partial charge is 0.411 e. The van der Waals surface area contributed by atoms with Crippen LogP contribution in [0.25, 0.3) is 0 Å². The average Bonchev–Trinajstić information content (AvgIpc) is 2.66. The predicted octanol–water partition coefficient (Wildman–Crippen LogP) is 0.219. The molecule has 0 unspecified atom stereocenters. The van der Waals surface area contributed by atoms with Crippen molar-refractivity contribution >= 4 is 17.7 Å². The third-order valence-electron chi connectivity index (χ3n) is 4.55.